The van der Waals surface area contributed by atoms with E-state index in [1.807, 2.05) is 19.9 Å². The van der Waals surface area contributed by atoms with E-state index in [2.05, 4.69) is 16.2 Å². The maximum absolute atomic E-state index is 12.2. The van der Waals surface area contributed by atoms with Crippen LogP contribution in [0.3, 0.4) is 0 Å². The van der Waals surface area contributed by atoms with Gasteiger partial charge in [0, 0.05) is 24.1 Å². The molecule has 0 unspecified atom stereocenters. The Hall–Kier alpha value is -3.55. The molecule has 0 saturated carbocycles. The van der Waals surface area contributed by atoms with Crippen LogP contribution in [-0.4, -0.2) is 37.5 Å². The molecular weight excluding hydrogens is 386 g/mol. The lowest BCUT2D eigenvalue weighted by Gasteiger charge is -2.14. The molecule has 0 aromatic heterocycles. The second kappa shape index (κ2) is 11.5. The molecule has 8 heteroatoms. The van der Waals surface area contributed by atoms with E-state index >= 15 is 0 Å². The molecule has 0 radical (unpaired) electrons. The van der Waals surface area contributed by atoms with E-state index in [4.69, 9.17) is 9.47 Å². The summed E-state index contributed by atoms with van der Waals surface area (Å²) in [6, 6.07) is 13.6. The molecule has 160 valence electrons. The lowest BCUT2D eigenvalue weighted by Crippen LogP contribution is -2.41. The van der Waals surface area contributed by atoms with Gasteiger partial charge in [-0.05, 0) is 50.6 Å². The van der Waals surface area contributed by atoms with E-state index in [0.717, 1.165) is 0 Å². The number of hydrogen-bond donors (Lipinski definition) is 3. The number of hydrogen-bond acceptors (Lipinski definition) is 5. The Balaban J connectivity index is 1.74. The molecule has 30 heavy (non-hydrogen) atoms. The van der Waals surface area contributed by atoms with Crippen LogP contribution in [0.4, 0.5) is 0 Å². The first-order valence-electron chi connectivity index (χ1n) is 9.68. The highest BCUT2D eigenvalue weighted by Crippen LogP contribution is 2.28. The summed E-state index contributed by atoms with van der Waals surface area (Å²) in [5, 5.41) is 2.74. The van der Waals surface area contributed by atoms with Gasteiger partial charge in [-0.3, -0.25) is 25.2 Å². The number of carbonyl (C=O) groups excluding carboxylic acids is 3. The fraction of sp³-hybridized carbons (Fsp3) is 0.318. The van der Waals surface area contributed by atoms with Crippen molar-refractivity contribution in [2.45, 2.75) is 32.8 Å². The molecule has 0 heterocycles. The topological polar surface area (TPSA) is 106 Å². The number of amides is 3. The molecule has 3 N–H and O–H groups in total. The number of nitrogens with one attached hydrogen (secondary N) is 3. The molecule has 2 rings (SSSR count). The molecule has 2 aromatic carbocycles. The molecule has 0 aliphatic carbocycles. The van der Waals surface area contributed by atoms with Crippen molar-refractivity contribution in [3.8, 4) is 11.5 Å². The molecular formula is C22H27N3O5. The number of carbonyl (C=O) groups is 3. The van der Waals surface area contributed by atoms with Crippen LogP contribution < -0.4 is 25.6 Å². The van der Waals surface area contributed by atoms with Crippen LogP contribution >= 0.6 is 0 Å². The van der Waals surface area contributed by atoms with Crippen LogP contribution in [0, 0.1) is 0 Å². The number of ether oxygens (including phenoxy) is 2. The van der Waals surface area contributed by atoms with Gasteiger partial charge < -0.3 is 14.8 Å². The maximum atomic E-state index is 12.2. The van der Waals surface area contributed by atoms with Crippen molar-refractivity contribution in [3.63, 3.8) is 0 Å². The fourth-order valence-corrected chi connectivity index (χ4v) is 2.56. The first kappa shape index (κ1) is 22.7. The quantitative estimate of drug-likeness (QED) is 0.433. The van der Waals surface area contributed by atoms with Crippen molar-refractivity contribution in [1.82, 2.24) is 16.2 Å². The summed E-state index contributed by atoms with van der Waals surface area (Å²) < 4.78 is 10.9. The van der Waals surface area contributed by atoms with Crippen molar-refractivity contribution < 1.29 is 23.9 Å². The van der Waals surface area contributed by atoms with Crippen molar-refractivity contribution >= 4 is 17.7 Å². The highest BCUT2D eigenvalue weighted by Gasteiger charge is 2.13. The number of benzene rings is 2. The SMILES string of the molecule is COc1cc(C(=O)NNC(=O)CCCNC(=O)c2ccccc2)ccc1OC(C)C. The fourth-order valence-electron chi connectivity index (χ4n) is 2.56. The van der Waals surface area contributed by atoms with Crippen LogP contribution in [0.25, 0.3) is 0 Å². The van der Waals surface area contributed by atoms with Gasteiger partial charge in [0.05, 0.1) is 13.2 Å². The predicted molar refractivity (Wildman–Crippen MR) is 112 cm³/mol. The number of methoxy groups -OCH3 is 1. The van der Waals surface area contributed by atoms with Crippen molar-refractivity contribution in [1.29, 1.82) is 0 Å². The standard InChI is InChI=1S/C22H27N3O5/c1-15(2)30-18-12-11-17(14-19(18)29-3)22(28)25-24-20(26)10-7-13-23-21(27)16-8-5-4-6-9-16/h4-6,8-9,11-12,14-15H,7,10,13H2,1-3H3,(H,23,27)(H,24,26)(H,25,28). The van der Waals surface area contributed by atoms with E-state index in [-0.39, 0.29) is 24.3 Å². The Labute approximate surface area is 175 Å². The largest absolute Gasteiger partial charge is 0.493 e. The molecule has 2 aromatic rings. The van der Waals surface area contributed by atoms with Gasteiger partial charge in [0.2, 0.25) is 5.91 Å². The lowest BCUT2D eigenvalue weighted by molar-refractivity contribution is -0.121. The molecule has 0 fully saturated rings. The normalized spacial score (nSPS) is 10.3. The minimum atomic E-state index is -0.477. The van der Waals surface area contributed by atoms with E-state index in [1.165, 1.54) is 13.2 Å². The van der Waals surface area contributed by atoms with Gasteiger partial charge in [0.1, 0.15) is 0 Å². The monoisotopic (exact) mass is 413 g/mol. The van der Waals surface area contributed by atoms with Crippen LogP contribution in [0.1, 0.15) is 47.4 Å². The van der Waals surface area contributed by atoms with Gasteiger partial charge in [-0.2, -0.15) is 0 Å². The minimum absolute atomic E-state index is 0.0321. The average molecular weight is 413 g/mol. The third-order valence-electron chi connectivity index (χ3n) is 4.01. The maximum Gasteiger partial charge on any atom is 0.269 e. The van der Waals surface area contributed by atoms with E-state index in [1.54, 1.807) is 36.4 Å². The predicted octanol–water partition coefficient (Wildman–Crippen LogP) is 2.45. The third-order valence-corrected chi connectivity index (χ3v) is 4.01. The number of rotatable bonds is 9. The first-order valence-corrected chi connectivity index (χ1v) is 9.68. The zero-order valence-corrected chi connectivity index (χ0v) is 17.4. The van der Waals surface area contributed by atoms with Crippen LogP contribution in [0.5, 0.6) is 11.5 Å². The smallest absolute Gasteiger partial charge is 0.269 e. The van der Waals surface area contributed by atoms with Gasteiger partial charge in [0.25, 0.3) is 11.8 Å². The van der Waals surface area contributed by atoms with Crippen LogP contribution in [0.2, 0.25) is 0 Å². The molecule has 0 atom stereocenters. The molecule has 0 bridgehead atoms. The molecule has 0 saturated heterocycles. The van der Waals surface area contributed by atoms with Crippen molar-refractivity contribution in [3.05, 3.63) is 59.7 Å². The summed E-state index contributed by atoms with van der Waals surface area (Å²) in [6.07, 6.45) is 0.560. The summed E-state index contributed by atoms with van der Waals surface area (Å²) >= 11 is 0. The van der Waals surface area contributed by atoms with E-state index < -0.39 is 5.91 Å². The van der Waals surface area contributed by atoms with E-state index in [0.29, 0.717) is 35.6 Å². The summed E-state index contributed by atoms with van der Waals surface area (Å²) in [6.45, 7) is 4.13. The zero-order valence-electron chi connectivity index (χ0n) is 17.4. The third kappa shape index (κ3) is 7.12. The Morgan fingerprint density at radius 3 is 2.30 bits per heavy atom. The van der Waals surface area contributed by atoms with E-state index in [9.17, 15) is 14.4 Å². The van der Waals surface area contributed by atoms with Crippen LogP contribution in [-0.2, 0) is 4.79 Å². The summed E-state index contributed by atoms with van der Waals surface area (Å²) in [7, 11) is 1.49. The molecule has 0 aliphatic heterocycles. The Morgan fingerprint density at radius 2 is 1.63 bits per heavy atom. The average Bonchev–Trinajstić information content (AvgIpc) is 2.75. The lowest BCUT2D eigenvalue weighted by atomic mass is 10.2. The highest BCUT2D eigenvalue weighted by atomic mass is 16.5. The first-order chi connectivity index (χ1) is 14.4. The van der Waals surface area contributed by atoms with Gasteiger partial charge in [0.15, 0.2) is 11.5 Å². The van der Waals surface area contributed by atoms with Gasteiger partial charge >= 0.3 is 0 Å². The summed E-state index contributed by atoms with van der Waals surface area (Å²) in [4.78, 5) is 36.1. The molecule has 3 amide bonds. The second-order valence-electron chi connectivity index (χ2n) is 6.76. The van der Waals surface area contributed by atoms with Gasteiger partial charge in [-0.1, -0.05) is 18.2 Å². The van der Waals surface area contributed by atoms with Gasteiger partial charge in [-0.15, -0.1) is 0 Å². The van der Waals surface area contributed by atoms with Crippen molar-refractivity contribution in [2.24, 2.45) is 0 Å². The molecule has 8 nitrogen and oxygen atoms in total. The summed E-state index contributed by atoms with van der Waals surface area (Å²) in [5.41, 5.74) is 5.61. The number of hydrazine groups is 1. The van der Waals surface area contributed by atoms with Gasteiger partial charge in [-0.25, -0.2) is 0 Å². The zero-order chi connectivity index (χ0) is 21.9. The Kier molecular flexibility index (Phi) is 8.68. The highest BCUT2D eigenvalue weighted by molar-refractivity contribution is 5.96. The second-order valence-corrected chi connectivity index (χ2v) is 6.76. The molecule has 0 spiro atoms. The molecule has 0 aliphatic rings. The Morgan fingerprint density at radius 1 is 0.900 bits per heavy atom. The van der Waals surface area contributed by atoms with Crippen LogP contribution in [0.15, 0.2) is 48.5 Å². The minimum Gasteiger partial charge on any atom is -0.493 e. The Bertz CT molecular complexity index is 868. The summed E-state index contributed by atoms with van der Waals surface area (Å²) in [5.74, 6) is -0.0650. The van der Waals surface area contributed by atoms with Crippen molar-refractivity contribution in [2.75, 3.05) is 13.7 Å².